The van der Waals surface area contributed by atoms with Gasteiger partial charge in [-0.3, -0.25) is 4.57 Å². The monoisotopic (exact) mass is 336 g/mol. The molecule has 120 valence electrons. The Morgan fingerprint density at radius 1 is 1.39 bits per heavy atom. The number of hydrogen-bond acceptors (Lipinski definition) is 4. The van der Waals surface area contributed by atoms with Crippen LogP contribution in [-0.2, 0) is 13.1 Å². The number of nitrogens with zero attached hydrogens (tertiary/aromatic N) is 3. The van der Waals surface area contributed by atoms with Crippen molar-refractivity contribution >= 4 is 21.4 Å². The standard InChI is InChI=1S/C15H14F2N4OS/c16-5-10(6-18)7-21-15(22)20(9-19-21)8-13-4-11-3-12(17)1-2-14(11)23-13/h1-5,9H,6-8,18H2/b10-5+. The van der Waals surface area contributed by atoms with Crippen molar-refractivity contribution in [3.63, 3.8) is 0 Å². The summed E-state index contributed by atoms with van der Waals surface area (Å²) in [6.45, 7) is 0.380. The lowest BCUT2D eigenvalue weighted by molar-refractivity contribution is 0.604. The summed E-state index contributed by atoms with van der Waals surface area (Å²) >= 11 is 1.49. The minimum atomic E-state index is -0.346. The van der Waals surface area contributed by atoms with Crippen LogP contribution in [0, 0.1) is 5.82 Å². The second kappa shape index (κ2) is 6.43. The Morgan fingerprint density at radius 2 is 2.22 bits per heavy atom. The van der Waals surface area contributed by atoms with Gasteiger partial charge in [0, 0.05) is 16.1 Å². The summed E-state index contributed by atoms with van der Waals surface area (Å²) in [7, 11) is 0. The molecule has 0 amide bonds. The van der Waals surface area contributed by atoms with Gasteiger partial charge in [0.2, 0.25) is 0 Å². The third-order valence-corrected chi connectivity index (χ3v) is 4.52. The molecule has 2 N–H and O–H groups in total. The third kappa shape index (κ3) is 3.22. The second-order valence-electron chi connectivity index (χ2n) is 5.07. The fourth-order valence-corrected chi connectivity index (χ4v) is 3.28. The van der Waals surface area contributed by atoms with Gasteiger partial charge in [0.25, 0.3) is 0 Å². The fraction of sp³-hybridized carbons (Fsp3) is 0.200. The average Bonchev–Trinajstić information content (AvgIpc) is 3.09. The number of thiophene rings is 1. The Hall–Kier alpha value is -2.32. The smallest absolute Gasteiger partial charge is 0.327 e. The van der Waals surface area contributed by atoms with Gasteiger partial charge in [0.15, 0.2) is 0 Å². The zero-order valence-electron chi connectivity index (χ0n) is 12.1. The lowest BCUT2D eigenvalue weighted by Gasteiger charge is -2.01. The molecule has 0 atom stereocenters. The van der Waals surface area contributed by atoms with Crippen molar-refractivity contribution in [1.29, 1.82) is 0 Å². The van der Waals surface area contributed by atoms with Gasteiger partial charge >= 0.3 is 5.69 Å². The summed E-state index contributed by atoms with van der Waals surface area (Å²) in [5.41, 5.74) is 5.32. The molecule has 3 rings (SSSR count). The molecule has 1 aromatic carbocycles. The summed E-state index contributed by atoms with van der Waals surface area (Å²) in [6, 6.07) is 6.43. The summed E-state index contributed by atoms with van der Waals surface area (Å²) in [4.78, 5) is 13.1. The number of nitrogens with two attached hydrogens (primary N) is 1. The van der Waals surface area contributed by atoms with Gasteiger partial charge in [-0.25, -0.2) is 18.3 Å². The number of benzene rings is 1. The van der Waals surface area contributed by atoms with Crippen molar-refractivity contribution in [3.8, 4) is 0 Å². The Labute approximate surface area is 134 Å². The Kier molecular flexibility index (Phi) is 4.35. The fourth-order valence-electron chi connectivity index (χ4n) is 2.24. The molecule has 2 heterocycles. The largest absolute Gasteiger partial charge is 0.346 e. The van der Waals surface area contributed by atoms with Crippen molar-refractivity contribution in [3.05, 3.63) is 63.7 Å². The molecule has 8 heteroatoms. The van der Waals surface area contributed by atoms with Crippen molar-refractivity contribution < 1.29 is 8.78 Å². The molecule has 0 aliphatic carbocycles. The van der Waals surface area contributed by atoms with E-state index in [1.807, 2.05) is 6.07 Å². The quantitative estimate of drug-likeness (QED) is 0.777. The zero-order chi connectivity index (χ0) is 16.4. The maximum Gasteiger partial charge on any atom is 0.346 e. The van der Waals surface area contributed by atoms with Crippen molar-refractivity contribution in [2.45, 2.75) is 13.1 Å². The van der Waals surface area contributed by atoms with Crippen molar-refractivity contribution in [2.24, 2.45) is 5.73 Å². The zero-order valence-corrected chi connectivity index (χ0v) is 12.9. The predicted octanol–water partition coefficient (Wildman–Crippen LogP) is 2.26. The Bertz CT molecular complexity index is 925. The highest BCUT2D eigenvalue weighted by atomic mass is 32.1. The number of aromatic nitrogens is 3. The van der Waals surface area contributed by atoms with E-state index in [9.17, 15) is 13.6 Å². The number of halogens is 2. The number of hydrogen-bond donors (Lipinski definition) is 1. The van der Waals surface area contributed by atoms with E-state index >= 15 is 0 Å². The molecule has 0 unspecified atom stereocenters. The molecule has 3 aromatic rings. The molecule has 0 saturated carbocycles. The first-order valence-corrected chi connectivity index (χ1v) is 7.71. The Balaban J connectivity index is 1.85. The van der Waals surface area contributed by atoms with Crippen LogP contribution in [0.15, 0.2) is 47.3 Å². The van der Waals surface area contributed by atoms with E-state index in [0.717, 1.165) is 19.6 Å². The van der Waals surface area contributed by atoms with Crippen molar-refractivity contribution in [2.75, 3.05) is 6.54 Å². The molecule has 2 aromatic heterocycles. The van der Waals surface area contributed by atoms with E-state index < -0.39 is 0 Å². The van der Waals surface area contributed by atoms with Crippen LogP contribution in [0.25, 0.3) is 10.1 Å². The molecule has 0 radical (unpaired) electrons. The van der Waals surface area contributed by atoms with Crippen LogP contribution in [0.3, 0.4) is 0 Å². The van der Waals surface area contributed by atoms with Gasteiger partial charge in [0.1, 0.15) is 12.1 Å². The van der Waals surface area contributed by atoms with Crippen LogP contribution >= 0.6 is 11.3 Å². The third-order valence-electron chi connectivity index (χ3n) is 3.42. The van der Waals surface area contributed by atoms with Gasteiger partial charge in [-0.2, -0.15) is 5.10 Å². The molecule has 0 spiro atoms. The van der Waals surface area contributed by atoms with Crippen molar-refractivity contribution in [1.82, 2.24) is 14.3 Å². The van der Waals surface area contributed by atoms with Gasteiger partial charge in [-0.15, -0.1) is 11.3 Å². The minimum Gasteiger partial charge on any atom is -0.327 e. The summed E-state index contributed by atoms with van der Waals surface area (Å²) in [6.07, 6.45) is 1.80. The molecule has 5 nitrogen and oxygen atoms in total. The first kappa shape index (κ1) is 15.6. The van der Waals surface area contributed by atoms with E-state index in [-0.39, 0.29) is 30.2 Å². The molecular formula is C15H14F2N4OS. The molecule has 0 fully saturated rings. The molecule has 0 aliphatic rings. The van der Waals surface area contributed by atoms with E-state index in [2.05, 4.69) is 5.10 Å². The van der Waals surface area contributed by atoms with Gasteiger partial charge in [0.05, 0.1) is 19.4 Å². The first-order valence-electron chi connectivity index (χ1n) is 6.89. The molecular weight excluding hydrogens is 322 g/mol. The topological polar surface area (TPSA) is 65.8 Å². The molecule has 0 aliphatic heterocycles. The highest BCUT2D eigenvalue weighted by Gasteiger charge is 2.09. The summed E-state index contributed by atoms with van der Waals surface area (Å²) in [5, 5.41) is 4.77. The highest BCUT2D eigenvalue weighted by Crippen LogP contribution is 2.26. The van der Waals surface area contributed by atoms with Crippen LogP contribution in [0.5, 0.6) is 0 Å². The van der Waals surface area contributed by atoms with E-state index in [4.69, 9.17) is 5.73 Å². The SMILES string of the molecule is NC/C(=C\F)Cn1ncn(Cc2cc3cc(F)ccc3s2)c1=O. The number of rotatable bonds is 5. The Morgan fingerprint density at radius 3 is 2.96 bits per heavy atom. The summed E-state index contributed by atoms with van der Waals surface area (Å²) in [5.74, 6) is -0.292. The average molecular weight is 336 g/mol. The first-order chi connectivity index (χ1) is 11.1. The van der Waals surface area contributed by atoms with Crippen LogP contribution in [0.4, 0.5) is 8.78 Å². The normalized spacial score (nSPS) is 12.2. The van der Waals surface area contributed by atoms with E-state index in [1.54, 1.807) is 6.07 Å². The minimum absolute atomic E-state index is 0.0243. The van der Waals surface area contributed by atoms with Gasteiger partial charge in [-0.05, 0) is 35.2 Å². The van der Waals surface area contributed by atoms with Crippen LogP contribution in [0.2, 0.25) is 0 Å². The van der Waals surface area contributed by atoms with Gasteiger partial charge in [-0.1, -0.05) is 0 Å². The lowest BCUT2D eigenvalue weighted by atomic mass is 10.2. The maximum atomic E-state index is 13.2. The highest BCUT2D eigenvalue weighted by molar-refractivity contribution is 7.19. The molecule has 0 saturated heterocycles. The van der Waals surface area contributed by atoms with Crippen LogP contribution < -0.4 is 11.4 Å². The summed E-state index contributed by atoms with van der Waals surface area (Å²) < 4.78 is 29.3. The van der Waals surface area contributed by atoms with Gasteiger partial charge < -0.3 is 5.73 Å². The predicted molar refractivity (Wildman–Crippen MR) is 85.6 cm³/mol. The lowest BCUT2D eigenvalue weighted by Crippen LogP contribution is -2.26. The molecule has 0 bridgehead atoms. The van der Waals surface area contributed by atoms with E-state index in [1.165, 1.54) is 34.4 Å². The van der Waals surface area contributed by atoms with E-state index in [0.29, 0.717) is 12.9 Å². The second-order valence-corrected chi connectivity index (χ2v) is 6.23. The number of fused-ring (bicyclic) bond motifs is 1. The van der Waals surface area contributed by atoms with Crippen LogP contribution in [-0.4, -0.2) is 20.9 Å². The maximum absolute atomic E-state index is 13.2. The molecule has 23 heavy (non-hydrogen) atoms. The van der Waals surface area contributed by atoms with Crippen LogP contribution in [0.1, 0.15) is 4.88 Å².